The fourth-order valence-electron chi connectivity index (χ4n) is 5.67. The quantitative estimate of drug-likeness (QED) is 0.728. The summed E-state index contributed by atoms with van der Waals surface area (Å²) in [6, 6.07) is 10.4. The first-order valence-corrected chi connectivity index (χ1v) is 11.1. The number of hydrogen-bond acceptors (Lipinski definition) is 4. The summed E-state index contributed by atoms with van der Waals surface area (Å²) in [4.78, 5) is 29.8. The summed E-state index contributed by atoms with van der Waals surface area (Å²) < 4.78 is 0. The van der Waals surface area contributed by atoms with Crippen molar-refractivity contribution in [3.05, 3.63) is 35.9 Å². The number of hydrogen-bond donors (Lipinski definition) is 2. The molecule has 4 atom stereocenters. The normalized spacial score (nSPS) is 29.4. The van der Waals surface area contributed by atoms with Gasteiger partial charge in [0.15, 0.2) is 0 Å². The van der Waals surface area contributed by atoms with Gasteiger partial charge in [0, 0.05) is 45.1 Å². The monoisotopic (exact) mass is 399 g/mol. The lowest BCUT2D eigenvalue weighted by atomic mass is 9.72. The lowest BCUT2D eigenvalue weighted by Crippen LogP contribution is -2.67. The number of benzene rings is 1. The maximum absolute atomic E-state index is 12.8. The van der Waals surface area contributed by atoms with Crippen molar-refractivity contribution in [3.8, 4) is 0 Å². The van der Waals surface area contributed by atoms with Gasteiger partial charge in [0.05, 0.1) is 12.6 Å². The van der Waals surface area contributed by atoms with Crippen LogP contribution in [0.4, 0.5) is 0 Å². The van der Waals surface area contributed by atoms with Gasteiger partial charge in [-0.1, -0.05) is 30.3 Å². The first-order chi connectivity index (χ1) is 14.2. The van der Waals surface area contributed by atoms with Gasteiger partial charge in [0.2, 0.25) is 11.8 Å². The molecule has 2 bridgehead atoms. The number of aliphatic hydroxyl groups excluding tert-OH is 1. The van der Waals surface area contributed by atoms with Crippen LogP contribution >= 0.6 is 0 Å². The molecule has 0 aromatic heterocycles. The van der Waals surface area contributed by atoms with Crippen molar-refractivity contribution in [2.75, 3.05) is 32.8 Å². The lowest BCUT2D eigenvalue weighted by Gasteiger charge is -2.56. The zero-order valence-corrected chi connectivity index (χ0v) is 17.1. The number of β-amino-alcohol motifs (C(OH)–C–C–N with tert-alkyl or cyclic N) is 1. The maximum atomic E-state index is 12.8. The number of likely N-dealkylation sites (tertiary alicyclic amines) is 1. The van der Waals surface area contributed by atoms with E-state index in [1.807, 2.05) is 30.3 Å². The van der Waals surface area contributed by atoms with Crippen LogP contribution in [0.25, 0.3) is 0 Å². The predicted octanol–water partition coefficient (Wildman–Crippen LogP) is 1.43. The molecule has 1 aromatic rings. The summed E-state index contributed by atoms with van der Waals surface area (Å²) >= 11 is 0. The fraction of sp³-hybridized carbons (Fsp3) is 0.652. The second-order valence-corrected chi connectivity index (χ2v) is 8.86. The lowest BCUT2D eigenvalue weighted by molar-refractivity contribution is -0.153. The van der Waals surface area contributed by atoms with E-state index < -0.39 is 0 Å². The smallest absolute Gasteiger partial charge is 0.223 e. The number of fused-ring (bicyclic) bond motifs is 4. The molecule has 158 valence electrons. The number of carbonyl (C=O) groups is 2. The molecule has 2 amide bonds. The minimum absolute atomic E-state index is 0.0556. The third-order valence-corrected chi connectivity index (χ3v) is 6.98. The Morgan fingerprint density at radius 3 is 2.76 bits per heavy atom. The number of amides is 2. The molecule has 0 radical (unpaired) electrons. The van der Waals surface area contributed by atoms with Crippen molar-refractivity contribution in [2.45, 2.75) is 50.6 Å². The topological polar surface area (TPSA) is 72.9 Å². The van der Waals surface area contributed by atoms with E-state index in [1.165, 1.54) is 5.56 Å². The van der Waals surface area contributed by atoms with E-state index in [0.717, 1.165) is 38.8 Å². The molecule has 29 heavy (non-hydrogen) atoms. The van der Waals surface area contributed by atoms with Gasteiger partial charge in [0.1, 0.15) is 0 Å². The Morgan fingerprint density at radius 1 is 1.17 bits per heavy atom. The highest BCUT2D eigenvalue weighted by Gasteiger charge is 2.49. The van der Waals surface area contributed by atoms with Crippen LogP contribution in [0, 0.1) is 11.8 Å². The van der Waals surface area contributed by atoms with Crippen LogP contribution in [-0.4, -0.2) is 71.6 Å². The van der Waals surface area contributed by atoms with Gasteiger partial charge in [-0.05, 0) is 43.1 Å². The van der Waals surface area contributed by atoms with Gasteiger partial charge in [-0.2, -0.15) is 0 Å². The Morgan fingerprint density at radius 2 is 1.97 bits per heavy atom. The maximum Gasteiger partial charge on any atom is 0.223 e. The second kappa shape index (κ2) is 9.26. The third kappa shape index (κ3) is 4.64. The molecule has 3 saturated heterocycles. The zero-order valence-electron chi connectivity index (χ0n) is 17.1. The summed E-state index contributed by atoms with van der Waals surface area (Å²) in [5.74, 6) is 1.18. The predicted molar refractivity (Wildman–Crippen MR) is 111 cm³/mol. The van der Waals surface area contributed by atoms with Crippen molar-refractivity contribution >= 4 is 11.8 Å². The van der Waals surface area contributed by atoms with Gasteiger partial charge < -0.3 is 20.2 Å². The first kappa shape index (κ1) is 20.4. The van der Waals surface area contributed by atoms with Gasteiger partial charge >= 0.3 is 0 Å². The van der Waals surface area contributed by atoms with Crippen molar-refractivity contribution in [3.63, 3.8) is 0 Å². The van der Waals surface area contributed by atoms with Crippen LogP contribution in [-0.2, 0) is 16.0 Å². The molecular formula is C23H33N3O3. The van der Waals surface area contributed by atoms with Gasteiger partial charge in [-0.15, -0.1) is 0 Å². The zero-order chi connectivity index (χ0) is 20.2. The Balaban J connectivity index is 1.39. The number of carbonyl (C=O) groups excluding carboxylic acids is 2. The van der Waals surface area contributed by atoms with Crippen LogP contribution in [0.5, 0.6) is 0 Å². The van der Waals surface area contributed by atoms with Crippen molar-refractivity contribution in [1.82, 2.24) is 15.1 Å². The van der Waals surface area contributed by atoms with Gasteiger partial charge in [-0.25, -0.2) is 0 Å². The molecule has 0 aliphatic carbocycles. The molecule has 4 rings (SSSR count). The molecule has 3 heterocycles. The molecule has 0 spiro atoms. The molecule has 0 unspecified atom stereocenters. The second-order valence-electron chi connectivity index (χ2n) is 8.86. The molecular weight excluding hydrogens is 366 g/mol. The van der Waals surface area contributed by atoms with E-state index in [1.54, 1.807) is 0 Å². The van der Waals surface area contributed by atoms with E-state index in [9.17, 15) is 14.7 Å². The highest BCUT2D eigenvalue weighted by atomic mass is 16.3. The van der Waals surface area contributed by atoms with Gasteiger partial charge in [-0.3, -0.25) is 9.59 Å². The highest BCUT2D eigenvalue weighted by Crippen LogP contribution is 2.41. The fourth-order valence-corrected chi connectivity index (χ4v) is 5.67. The van der Waals surface area contributed by atoms with Crippen molar-refractivity contribution in [2.24, 2.45) is 11.8 Å². The number of nitrogens with zero attached hydrogens (tertiary/aromatic N) is 2. The minimum atomic E-state index is 0.0556. The van der Waals surface area contributed by atoms with Gasteiger partial charge in [0.25, 0.3) is 0 Å². The van der Waals surface area contributed by atoms with Crippen LogP contribution < -0.4 is 5.32 Å². The van der Waals surface area contributed by atoms with Crippen LogP contribution in [0.3, 0.4) is 0 Å². The molecule has 1 aromatic carbocycles. The average molecular weight is 400 g/mol. The highest BCUT2D eigenvalue weighted by molar-refractivity contribution is 5.79. The summed E-state index contributed by atoms with van der Waals surface area (Å²) in [6.07, 6.45) is 5.00. The molecule has 6 nitrogen and oxygen atoms in total. The Labute approximate surface area is 173 Å². The standard InChI is InChI=1S/C23H33N3O3/c27-12-11-25-15-18-13-19(16-25)21(26-20(18)7-4-8-23(26)29)14-24-22(28)10-9-17-5-2-1-3-6-17/h1-3,5-6,18-21,27H,4,7-16H2,(H,24,28)/t18-,19+,20+,21+/m1/s1. The summed E-state index contributed by atoms with van der Waals surface area (Å²) in [7, 11) is 0. The molecule has 3 fully saturated rings. The Hall–Kier alpha value is -1.92. The summed E-state index contributed by atoms with van der Waals surface area (Å²) in [5.41, 5.74) is 1.17. The van der Waals surface area contributed by atoms with E-state index in [2.05, 4.69) is 15.1 Å². The van der Waals surface area contributed by atoms with E-state index in [-0.39, 0.29) is 24.5 Å². The number of piperidine rings is 3. The average Bonchev–Trinajstić information content (AvgIpc) is 2.73. The molecule has 3 aliphatic rings. The number of rotatable bonds is 7. The minimum Gasteiger partial charge on any atom is -0.395 e. The number of nitrogens with one attached hydrogen (secondary N) is 1. The number of aryl methyl sites for hydroxylation is 1. The summed E-state index contributed by atoms with van der Waals surface area (Å²) in [6.45, 7) is 3.29. The van der Waals surface area contributed by atoms with E-state index >= 15 is 0 Å². The molecule has 3 aliphatic heterocycles. The largest absolute Gasteiger partial charge is 0.395 e. The van der Waals surface area contributed by atoms with E-state index in [4.69, 9.17) is 0 Å². The van der Waals surface area contributed by atoms with E-state index in [0.29, 0.717) is 43.8 Å². The van der Waals surface area contributed by atoms with Crippen LogP contribution in [0.2, 0.25) is 0 Å². The van der Waals surface area contributed by atoms with Crippen LogP contribution in [0.1, 0.15) is 37.7 Å². The SMILES string of the molecule is O=C(CCc1ccccc1)NC[C@H]1[C@H]2C[C@H](CN(CCO)C2)[C@@H]2CCCC(=O)N21. The Kier molecular flexibility index (Phi) is 6.50. The number of aliphatic hydroxyl groups is 1. The molecule has 6 heteroatoms. The Bertz CT molecular complexity index is 709. The van der Waals surface area contributed by atoms with Crippen LogP contribution in [0.15, 0.2) is 30.3 Å². The van der Waals surface area contributed by atoms with Crippen molar-refractivity contribution < 1.29 is 14.7 Å². The third-order valence-electron chi connectivity index (χ3n) is 6.98. The summed E-state index contributed by atoms with van der Waals surface area (Å²) in [5, 5.41) is 12.5. The first-order valence-electron chi connectivity index (χ1n) is 11.1. The molecule has 2 N–H and O–H groups in total. The molecule has 0 saturated carbocycles. The van der Waals surface area contributed by atoms with Crippen molar-refractivity contribution in [1.29, 1.82) is 0 Å².